The van der Waals surface area contributed by atoms with Crippen LogP contribution >= 0.6 is 23.2 Å². The molecule has 1 N–H and O–H groups in total. The van der Waals surface area contributed by atoms with Gasteiger partial charge in [-0.05, 0) is 18.2 Å². The molecule has 0 saturated carbocycles. The van der Waals surface area contributed by atoms with Gasteiger partial charge in [0.15, 0.2) is 0 Å². The monoisotopic (exact) mass is 302 g/mol. The summed E-state index contributed by atoms with van der Waals surface area (Å²) in [5.74, 6) is 0.143. The SMILES string of the molecule is O=C(CCNc1cc(Cl)cc(Cl)c1)N1CCOCC1. The van der Waals surface area contributed by atoms with E-state index in [1.165, 1.54) is 0 Å². The van der Waals surface area contributed by atoms with Gasteiger partial charge in [0.1, 0.15) is 0 Å². The summed E-state index contributed by atoms with van der Waals surface area (Å²) in [6, 6.07) is 5.24. The predicted molar refractivity (Wildman–Crippen MR) is 77.0 cm³/mol. The fourth-order valence-corrected chi connectivity index (χ4v) is 2.47. The van der Waals surface area contributed by atoms with E-state index >= 15 is 0 Å². The molecule has 1 heterocycles. The largest absolute Gasteiger partial charge is 0.384 e. The van der Waals surface area contributed by atoms with Gasteiger partial charge in [0.2, 0.25) is 5.91 Å². The first-order chi connectivity index (χ1) is 9.15. The summed E-state index contributed by atoms with van der Waals surface area (Å²) < 4.78 is 5.21. The highest BCUT2D eigenvalue weighted by Gasteiger charge is 2.15. The van der Waals surface area contributed by atoms with Crippen molar-refractivity contribution in [3.63, 3.8) is 0 Å². The van der Waals surface area contributed by atoms with Crippen molar-refractivity contribution in [1.29, 1.82) is 0 Å². The Bertz CT molecular complexity index is 428. The van der Waals surface area contributed by atoms with Crippen molar-refractivity contribution in [2.45, 2.75) is 6.42 Å². The Labute approximate surface area is 122 Å². The van der Waals surface area contributed by atoms with Gasteiger partial charge in [0.05, 0.1) is 13.2 Å². The van der Waals surface area contributed by atoms with Crippen LogP contribution in [-0.2, 0) is 9.53 Å². The first-order valence-electron chi connectivity index (χ1n) is 6.20. The maximum atomic E-state index is 11.9. The number of ether oxygens (including phenoxy) is 1. The molecular formula is C13H16Cl2N2O2. The molecule has 0 unspecified atom stereocenters. The fraction of sp³-hybridized carbons (Fsp3) is 0.462. The van der Waals surface area contributed by atoms with Gasteiger partial charge in [-0.2, -0.15) is 0 Å². The van der Waals surface area contributed by atoms with Crippen molar-refractivity contribution < 1.29 is 9.53 Å². The number of anilines is 1. The van der Waals surface area contributed by atoms with Crippen LogP contribution in [0.3, 0.4) is 0 Å². The van der Waals surface area contributed by atoms with Crippen LogP contribution in [0.4, 0.5) is 5.69 Å². The number of benzene rings is 1. The van der Waals surface area contributed by atoms with Crippen molar-refractivity contribution >= 4 is 34.8 Å². The van der Waals surface area contributed by atoms with Gasteiger partial charge in [-0.15, -0.1) is 0 Å². The van der Waals surface area contributed by atoms with Crippen molar-refractivity contribution in [2.75, 3.05) is 38.2 Å². The molecule has 1 saturated heterocycles. The minimum absolute atomic E-state index is 0.143. The number of morpholine rings is 1. The lowest BCUT2D eigenvalue weighted by molar-refractivity contribution is -0.134. The Morgan fingerprint density at radius 3 is 2.47 bits per heavy atom. The van der Waals surface area contributed by atoms with Crippen LogP contribution in [0.2, 0.25) is 10.0 Å². The third-order valence-electron chi connectivity index (χ3n) is 2.89. The van der Waals surface area contributed by atoms with E-state index in [2.05, 4.69) is 5.32 Å². The van der Waals surface area contributed by atoms with Crippen LogP contribution < -0.4 is 5.32 Å². The lowest BCUT2D eigenvalue weighted by Crippen LogP contribution is -2.41. The van der Waals surface area contributed by atoms with Crippen LogP contribution in [0.15, 0.2) is 18.2 Å². The molecule has 1 amide bonds. The number of hydrogen-bond donors (Lipinski definition) is 1. The van der Waals surface area contributed by atoms with E-state index in [4.69, 9.17) is 27.9 Å². The number of halogens is 2. The molecule has 1 aliphatic heterocycles. The fourth-order valence-electron chi connectivity index (χ4n) is 1.94. The molecule has 0 aromatic heterocycles. The highest BCUT2D eigenvalue weighted by atomic mass is 35.5. The number of amides is 1. The van der Waals surface area contributed by atoms with E-state index in [1.807, 2.05) is 4.90 Å². The third kappa shape index (κ3) is 4.56. The average Bonchev–Trinajstić information content (AvgIpc) is 2.38. The Kier molecular flexibility index (Phi) is 5.31. The molecule has 6 heteroatoms. The minimum Gasteiger partial charge on any atom is -0.384 e. The van der Waals surface area contributed by atoms with Crippen molar-refractivity contribution in [2.24, 2.45) is 0 Å². The molecule has 4 nitrogen and oxygen atoms in total. The molecule has 1 fully saturated rings. The number of nitrogens with one attached hydrogen (secondary N) is 1. The number of carbonyl (C=O) groups excluding carboxylic acids is 1. The molecule has 0 spiro atoms. The summed E-state index contributed by atoms with van der Waals surface area (Å²) in [7, 11) is 0. The molecule has 0 radical (unpaired) electrons. The molecule has 0 atom stereocenters. The van der Waals surface area contributed by atoms with Gasteiger partial charge in [-0.1, -0.05) is 23.2 Å². The highest BCUT2D eigenvalue weighted by Crippen LogP contribution is 2.22. The first-order valence-corrected chi connectivity index (χ1v) is 6.96. The molecule has 19 heavy (non-hydrogen) atoms. The lowest BCUT2D eigenvalue weighted by atomic mass is 10.3. The zero-order valence-corrected chi connectivity index (χ0v) is 12.0. The summed E-state index contributed by atoms with van der Waals surface area (Å²) >= 11 is 11.8. The average molecular weight is 303 g/mol. The molecular weight excluding hydrogens is 287 g/mol. The molecule has 1 aromatic carbocycles. The van der Waals surface area contributed by atoms with Crippen LogP contribution in [0, 0.1) is 0 Å². The summed E-state index contributed by atoms with van der Waals surface area (Å²) in [4.78, 5) is 13.7. The van der Waals surface area contributed by atoms with Gasteiger partial charge in [0.25, 0.3) is 0 Å². The maximum absolute atomic E-state index is 11.9. The molecule has 0 bridgehead atoms. The summed E-state index contributed by atoms with van der Waals surface area (Å²) in [6.45, 7) is 3.18. The molecule has 1 aliphatic rings. The van der Waals surface area contributed by atoms with Gasteiger partial charge >= 0.3 is 0 Å². The van der Waals surface area contributed by atoms with Crippen molar-refractivity contribution in [1.82, 2.24) is 4.90 Å². The molecule has 1 aromatic rings. The van der Waals surface area contributed by atoms with Crippen molar-refractivity contribution in [3.8, 4) is 0 Å². The zero-order chi connectivity index (χ0) is 13.7. The van der Waals surface area contributed by atoms with Gasteiger partial charge < -0.3 is 15.0 Å². The second-order valence-electron chi connectivity index (χ2n) is 4.33. The summed E-state index contributed by atoms with van der Waals surface area (Å²) in [5.41, 5.74) is 0.826. The van der Waals surface area contributed by atoms with Crippen LogP contribution in [0.5, 0.6) is 0 Å². The number of rotatable bonds is 4. The Morgan fingerprint density at radius 1 is 1.21 bits per heavy atom. The van der Waals surface area contributed by atoms with Gasteiger partial charge in [-0.3, -0.25) is 4.79 Å². The minimum atomic E-state index is 0.143. The molecule has 0 aliphatic carbocycles. The number of hydrogen-bond acceptors (Lipinski definition) is 3. The Hall–Kier alpha value is -0.970. The van der Waals surface area contributed by atoms with E-state index in [0.717, 1.165) is 5.69 Å². The second kappa shape index (κ2) is 6.98. The number of carbonyl (C=O) groups is 1. The van der Waals surface area contributed by atoms with Gasteiger partial charge in [-0.25, -0.2) is 0 Å². The van der Waals surface area contributed by atoms with E-state index in [0.29, 0.717) is 49.3 Å². The first kappa shape index (κ1) is 14.4. The van der Waals surface area contributed by atoms with Gasteiger partial charge in [0, 0.05) is 41.8 Å². The number of nitrogens with zero attached hydrogens (tertiary/aromatic N) is 1. The van der Waals surface area contributed by atoms with Crippen LogP contribution in [-0.4, -0.2) is 43.7 Å². The van der Waals surface area contributed by atoms with Crippen molar-refractivity contribution in [3.05, 3.63) is 28.2 Å². The second-order valence-corrected chi connectivity index (χ2v) is 5.20. The molecule has 104 valence electrons. The van der Waals surface area contributed by atoms with E-state index in [9.17, 15) is 4.79 Å². The molecule has 2 rings (SSSR count). The zero-order valence-electron chi connectivity index (χ0n) is 10.5. The van der Waals surface area contributed by atoms with Crippen LogP contribution in [0.1, 0.15) is 6.42 Å². The quantitative estimate of drug-likeness (QED) is 0.930. The highest BCUT2D eigenvalue weighted by molar-refractivity contribution is 6.35. The Balaban J connectivity index is 1.77. The predicted octanol–water partition coefficient (Wildman–Crippen LogP) is 2.65. The smallest absolute Gasteiger partial charge is 0.224 e. The standard InChI is InChI=1S/C13H16Cl2N2O2/c14-10-7-11(15)9-12(8-10)16-2-1-13(18)17-3-5-19-6-4-17/h7-9,16H,1-6H2. The van der Waals surface area contributed by atoms with Crippen LogP contribution in [0.25, 0.3) is 0 Å². The van der Waals surface area contributed by atoms with E-state index in [-0.39, 0.29) is 5.91 Å². The maximum Gasteiger partial charge on any atom is 0.224 e. The normalized spacial score (nSPS) is 15.4. The third-order valence-corrected chi connectivity index (χ3v) is 3.33. The van der Waals surface area contributed by atoms with E-state index in [1.54, 1.807) is 18.2 Å². The summed E-state index contributed by atoms with van der Waals surface area (Å²) in [5, 5.41) is 4.31. The summed E-state index contributed by atoms with van der Waals surface area (Å²) in [6.07, 6.45) is 0.449. The van der Waals surface area contributed by atoms with E-state index < -0.39 is 0 Å². The lowest BCUT2D eigenvalue weighted by Gasteiger charge is -2.26. The topological polar surface area (TPSA) is 41.6 Å². The Morgan fingerprint density at radius 2 is 1.84 bits per heavy atom.